The number of rotatable bonds is 4. The maximum atomic E-state index is 12.8. The van der Waals surface area contributed by atoms with Crippen LogP contribution in [0.1, 0.15) is 54.0 Å². The average molecular weight is 358 g/mol. The highest BCUT2D eigenvalue weighted by atomic mass is 16.5. The predicted octanol–water partition coefficient (Wildman–Crippen LogP) is 1.41. The van der Waals surface area contributed by atoms with Crippen molar-refractivity contribution in [2.45, 2.75) is 37.9 Å². The third-order valence-electron chi connectivity index (χ3n) is 4.54. The van der Waals surface area contributed by atoms with Crippen molar-refractivity contribution in [3.8, 4) is 0 Å². The van der Waals surface area contributed by atoms with E-state index in [-0.39, 0.29) is 12.0 Å². The molecule has 0 radical (unpaired) electrons. The number of hydrogen-bond acceptors (Lipinski definition) is 8. The first-order valence-electron chi connectivity index (χ1n) is 8.79. The van der Waals surface area contributed by atoms with Gasteiger partial charge < -0.3 is 19.1 Å². The van der Waals surface area contributed by atoms with Crippen LogP contribution in [0, 0.1) is 0 Å². The SMILES string of the molecule is C[C@@H]1CN(C(=O)c2cnc(N(C)C)cn2)C[C@H](c2nc(C3CC3)no2)O1. The molecule has 0 spiro atoms. The van der Waals surface area contributed by atoms with Crippen molar-refractivity contribution in [3.05, 3.63) is 29.8 Å². The summed E-state index contributed by atoms with van der Waals surface area (Å²) in [6, 6.07) is 0. The maximum Gasteiger partial charge on any atom is 0.274 e. The molecule has 4 rings (SSSR count). The molecule has 2 fully saturated rings. The number of anilines is 1. The van der Waals surface area contributed by atoms with E-state index >= 15 is 0 Å². The smallest absolute Gasteiger partial charge is 0.274 e. The van der Waals surface area contributed by atoms with E-state index in [1.165, 1.54) is 6.20 Å². The standard InChI is InChI=1S/C17H22N6O3/c1-10-8-23(17(24)12-6-19-14(7-18-12)22(2)3)9-13(25-10)16-20-15(21-26-16)11-4-5-11/h6-7,10-11,13H,4-5,8-9H2,1-3H3/t10-,13-/m1/s1. The Morgan fingerprint density at radius 3 is 2.69 bits per heavy atom. The second kappa shape index (κ2) is 6.64. The lowest BCUT2D eigenvalue weighted by molar-refractivity contribution is -0.0811. The number of amides is 1. The third kappa shape index (κ3) is 3.39. The van der Waals surface area contributed by atoms with Gasteiger partial charge in [-0.25, -0.2) is 9.97 Å². The molecule has 1 amide bonds. The van der Waals surface area contributed by atoms with Crippen molar-refractivity contribution in [2.24, 2.45) is 0 Å². The summed E-state index contributed by atoms with van der Waals surface area (Å²) in [5.41, 5.74) is 0.313. The minimum Gasteiger partial charge on any atom is -0.362 e. The Balaban J connectivity index is 1.49. The molecule has 1 saturated carbocycles. The predicted molar refractivity (Wildman–Crippen MR) is 91.8 cm³/mol. The molecule has 2 aromatic rings. The Labute approximate surface area is 151 Å². The Morgan fingerprint density at radius 1 is 1.23 bits per heavy atom. The summed E-state index contributed by atoms with van der Waals surface area (Å²) in [4.78, 5) is 29.3. The molecule has 0 N–H and O–H groups in total. The molecule has 1 aliphatic carbocycles. The van der Waals surface area contributed by atoms with Crippen molar-refractivity contribution in [1.29, 1.82) is 0 Å². The van der Waals surface area contributed by atoms with Crippen molar-refractivity contribution in [1.82, 2.24) is 25.0 Å². The minimum atomic E-state index is -0.420. The monoisotopic (exact) mass is 358 g/mol. The Kier molecular flexibility index (Phi) is 4.31. The van der Waals surface area contributed by atoms with Crippen molar-refractivity contribution in [3.63, 3.8) is 0 Å². The van der Waals surface area contributed by atoms with Gasteiger partial charge in [0.15, 0.2) is 11.9 Å². The number of carbonyl (C=O) groups is 1. The van der Waals surface area contributed by atoms with Crippen LogP contribution in [-0.4, -0.2) is 64.2 Å². The molecule has 0 aromatic carbocycles. The van der Waals surface area contributed by atoms with E-state index in [0.29, 0.717) is 36.4 Å². The molecule has 2 aromatic heterocycles. The highest BCUT2D eigenvalue weighted by Gasteiger charge is 2.35. The van der Waals surface area contributed by atoms with Gasteiger partial charge >= 0.3 is 0 Å². The number of aromatic nitrogens is 4. The first-order valence-corrected chi connectivity index (χ1v) is 8.79. The third-order valence-corrected chi connectivity index (χ3v) is 4.54. The van der Waals surface area contributed by atoms with Crippen LogP contribution in [0.25, 0.3) is 0 Å². The van der Waals surface area contributed by atoms with Gasteiger partial charge in [0.05, 0.1) is 25.0 Å². The van der Waals surface area contributed by atoms with Crippen LogP contribution in [0.3, 0.4) is 0 Å². The largest absolute Gasteiger partial charge is 0.362 e. The van der Waals surface area contributed by atoms with Crippen LogP contribution in [0.15, 0.2) is 16.9 Å². The summed E-state index contributed by atoms with van der Waals surface area (Å²) in [5, 5.41) is 4.04. The molecule has 26 heavy (non-hydrogen) atoms. The molecule has 9 heteroatoms. The van der Waals surface area contributed by atoms with Gasteiger partial charge in [0.2, 0.25) is 0 Å². The normalized spacial score (nSPS) is 23.1. The van der Waals surface area contributed by atoms with Crippen LogP contribution in [0.4, 0.5) is 5.82 Å². The zero-order valence-corrected chi connectivity index (χ0v) is 15.1. The minimum absolute atomic E-state index is 0.136. The van der Waals surface area contributed by atoms with Gasteiger partial charge in [-0.15, -0.1) is 0 Å². The molecule has 0 bridgehead atoms. The molecule has 1 aliphatic heterocycles. The average Bonchev–Trinajstić information content (AvgIpc) is 3.37. The molecule has 2 atom stereocenters. The van der Waals surface area contributed by atoms with Gasteiger partial charge in [-0.2, -0.15) is 4.98 Å². The molecule has 138 valence electrons. The van der Waals surface area contributed by atoms with E-state index in [0.717, 1.165) is 18.7 Å². The van der Waals surface area contributed by atoms with Gasteiger partial charge in [-0.05, 0) is 19.8 Å². The first kappa shape index (κ1) is 16.9. The van der Waals surface area contributed by atoms with E-state index in [1.807, 2.05) is 25.9 Å². The van der Waals surface area contributed by atoms with Gasteiger partial charge in [0.1, 0.15) is 11.5 Å². The second-order valence-corrected chi connectivity index (χ2v) is 7.06. The lowest BCUT2D eigenvalue weighted by Gasteiger charge is -2.35. The van der Waals surface area contributed by atoms with Gasteiger partial charge in [0.25, 0.3) is 11.8 Å². The fourth-order valence-electron chi connectivity index (χ4n) is 2.96. The van der Waals surface area contributed by atoms with Crippen LogP contribution in [0.2, 0.25) is 0 Å². The van der Waals surface area contributed by atoms with Crippen LogP contribution < -0.4 is 4.90 Å². The van der Waals surface area contributed by atoms with Gasteiger partial charge in [-0.1, -0.05) is 5.16 Å². The van der Waals surface area contributed by atoms with Crippen LogP contribution in [0.5, 0.6) is 0 Å². The zero-order chi connectivity index (χ0) is 18.3. The Bertz CT molecular complexity index is 786. The zero-order valence-electron chi connectivity index (χ0n) is 15.1. The molecular weight excluding hydrogens is 336 g/mol. The first-order chi connectivity index (χ1) is 12.5. The van der Waals surface area contributed by atoms with Crippen LogP contribution in [-0.2, 0) is 4.74 Å². The van der Waals surface area contributed by atoms with E-state index < -0.39 is 6.10 Å². The van der Waals surface area contributed by atoms with Crippen molar-refractivity contribution in [2.75, 3.05) is 32.1 Å². The van der Waals surface area contributed by atoms with E-state index in [2.05, 4.69) is 20.1 Å². The highest BCUT2D eigenvalue weighted by molar-refractivity contribution is 5.92. The lowest BCUT2D eigenvalue weighted by atomic mass is 10.2. The van der Waals surface area contributed by atoms with Crippen molar-refractivity contribution >= 4 is 11.7 Å². The topological polar surface area (TPSA) is 97.5 Å². The fraction of sp³-hybridized carbons (Fsp3) is 0.588. The number of carbonyl (C=O) groups excluding carboxylic acids is 1. The van der Waals surface area contributed by atoms with E-state index in [1.54, 1.807) is 11.1 Å². The summed E-state index contributed by atoms with van der Waals surface area (Å²) in [6.07, 6.45) is 4.75. The van der Waals surface area contributed by atoms with Gasteiger partial charge in [-0.3, -0.25) is 4.79 Å². The molecular formula is C17H22N6O3. The maximum absolute atomic E-state index is 12.8. The number of hydrogen-bond donors (Lipinski definition) is 0. The molecule has 1 saturated heterocycles. The summed E-state index contributed by atoms with van der Waals surface area (Å²) in [6.45, 7) is 2.76. The van der Waals surface area contributed by atoms with E-state index in [9.17, 15) is 4.79 Å². The Hall–Kier alpha value is -2.55. The fourth-order valence-corrected chi connectivity index (χ4v) is 2.96. The second-order valence-electron chi connectivity index (χ2n) is 7.06. The lowest BCUT2D eigenvalue weighted by Crippen LogP contribution is -2.46. The summed E-state index contributed by atoms with van der Waals surface area (Å²) in [7, 11) is 3.75. The molecule has 0 unspecified atom stereocenters. The number of morpholine rings is 1. The number of ether oxygens (including phenoxy) is 1. The van der Waals surface area contributed by atoms with Crippen LogP contribution >= 0.6 is 0 Å². The van der Waals surface area contributed by atoms with E-state index in [4.69, 9.17) is 9.26 Å². The number of nitrogens with zero attached hydrogens (tertiary/aromatic N) is 6. The Morgan fingerprint density at radius 2 is 2.04 bits per heavy atom. The molecule has 2 aliphatic rings. The molecule has 9 nitrogen and oxygen atoms in total. The van der Waals surface area contributed by atoms with Crippen molar-refractivity contribution < 1.29 is 14.1 Å². The summed E-state index contributed by atoms with van der Waals surface area (Å²) in [5.74, 6) is 2.12. The molecule has 3 heterocycles. The van der Waals surface area contributed by atoms with Gasteiger partial charge in [0, 0.05) is 26.6 Å². The highest BCUT2D eigenvalue weighted by Crippen LogP contribution is 2.39. The quantitative estimate of drug-likeness (QED) is 0.809. The summed E-state index contributed by atoms with van der Waals surface area (Å²) >= 11 is 0. The summed E-state index contributed by atoms with van der Waals surface area (Å²) < 4.78 is 11.3.